The van der Waals surface area contributed by atoms with Gasteiger partial charge in [-0.15, -0.1) is 0 Å². The van der Waals surface area contributed by atoms with E-state index in [1.54, 1.807) is 41.1 Å². The predicted octanol–water partition coefficient (Wildman–Crippen LogP) is 3.23. The van der Waals surface area contributed by atoms with Crippen LogP contribution in [0.4, 0.5) is 0 Å². The normalized spacial score (nSPS) is 8.71. The number of aryl methyl sites for hydroxylation is 1. The lowest BCUT2D eigenvalue weighted by atomic mass is 10.0. The van der Waals surface area contributed by atoms with Crippen molar-refractivity contribution in [1.82, 2.24) is 3.53 Å². The minimum absolute atomic E-state index is 0.0463. The Labute approximate surface area is 116 Å². The molecule has 0 spiro atoms. The second-order valence-electron chi connectivity index (χ2n) is 3.10. The van der Waals surface area contributed by atoms with Crippen molar-refractivity contribution < 1.29 is 9.59 Å². The Kier molecular flexibility index (Phi) is 7.45. The van der Waals surface area contributed by atoms with Crippen molar-refractivity contribution in [2.45, 2.75) is 20.8 Å². The molecule has 1 amide bonds. The molecule has 0 atom stereocenters. The highest BCUT2D eigenvalue weighted by molar-refractivity contribution is 14.1. The predicted molar refractivity (Wildman–Crippen MR) is 78.2 cm³/mol. The smallest absolute Gasteiger partial charge is 0.263 e. The number of rotatable bonds is 3. The lowest BCUT2D eigenvalue weighted by Crippen LogP contribution is -2.20. The van der Waals surface area contributed by atoms with Gasteiger partial charge in [-0.25, -0.2) is 0 Å². The van der Waals surface area contributed by atoms with E-state index in [-0.39, 0.29) is 11.4 Å². The Morgan fingerprint density at radius 1 is 1.29 bits per heavy atom. The first-order valence-corrected chi connectivity index (χ1v) is 6.35. The number of Topliss-reactive ketones (excluding diaryl/α,β-unsaturated/α-hetero) is 1. The van der Waals surface area contributed by atoms with Crippen molar-refractivity contribution >= 4 is 34.6 Å². The van der Waals surface area contributed by atoms with Crippen LogP contribution in [-0.4, -0.2) is 11.7 Å². The van der Waals surface area contributed by atoms with Crippen molar-refractivity contribution in [3.63, 3.8) is 0 Å². The van der Waals surface area contributed by atoms with E-state index < -0.39 is 5.91 Å². The molecular weight excluding hydrogens is 329 g/mol. The van der Waals surface area contributed by atoms with Crippen molar-refractivity contribution in [2.24, 2.45) is 0 Å². The number of ketones is 1. The van der Waals surface area contributed by atoms with Gasteiger partial charge in [0.15, 0.2) is 5.78 Å². The number of nitrogens with one attached hydrogen (secondary N) is 1. The third-order valence-corrected chi connectivity index (χ3v) is 2.40. The molecule has 0 aliphatic heterocycles. The number of carbonyl (C=O) groups is 2. The quantitative estimate of drug-likeness (QED) is 0.228. The topological polar surface area (TPSA) is 46.2 Å². The first-order chi connectivity index (χ1) is 8.06. The minimum Gasteiger partial charge on any atom is -0.295 e. The van der Waals surface area contributed by atoms with Crippen molar-refractivity contribution in [3.8, 4) is 0 Å². The van der Waals surface area contributed by atoms with Crippen LogP contribution < -0.4 is 3.53 Å². The van der Waals surface area contributed by atoms with Gasteiger partial charge in [0.05, 0.1) is 28.4 Å². The lowest BCUT2D eigenvalue weighted by Gasteiger charge is -2.03. The van der Waals surface area contributed by atoms with Gasteiger partial charge in [-0.05, 0) is 13.0 Å². The molecule has 0 fully saturated rings. The van der Waals surface area contributed by atoms with Crippen LogP contribution in [0.3, 0.4) is 0 Å². The number of carbonyl (C=O) groups excluding carboxylic acids is 2. The summed E-state index contributed by atoms with van der Waals surface area (Å²) >= 11 is 1.68. The molecule has 17 heavy (non-hydrogen) atoms. The fourth-order valence-electron chi connectivity index (χ4n) is 1.12. The second kappa shape index (κ2) is 8.00. The van der Waals surface area contributed by atoms with E-state index in [2.05, 4.69) is 10.1 Å². The average molecular weight is 345 g/mol. The molecule has 3 nitrogen and oxygen atoms in total. The monoisotopic (exact) mass is 345 g/mol. The maximum atomic E-state index is 11.7. The molecule has 0 saturated heterocycles. The van der Waals surface area contributed by atoms with Crippen LogP contribution in [0.1, 0.15) is 29.8 Å². The van der Waals surface area contributed by atoms with E-state index in [4.69, 9.17) is 0 Å². The van der Waals surface area contributed by atoms with Gasteiger partial charge in [0.25, 0.3) is 5.91 Å². The third-order valence-electron chi connectivity index (χ3n) is 1.91. The second-order valence-corrected chi connectivity index (χ2v) is 3.64. The highest BCUT2D eigenvalue weighted by atomic mass is 127. The Bertz CT molecular complexity index is 427. The van der Waals surface area contributed by atoms with Gasteiger partial charge in [-0.1, -0.05) is 44.2 Å². The SMILES string of the molecule is C=C(C(=O)NI)C(=O)c1cccc(C)c1.CC. The van der Waals surface area contributed by atoms with Crippen molar-refractivity contribution in [2.75, 3.05) is 0 Å². The van der Waals surface area contributed by atoms with Crippen LogP contribution in [0, 0.1) is 6.92 Å². The summed E-state index contributed by atoms with van der Waals surface area (Å²) in [5.74, 6) is -0.796. The highest BCUT2D eigenvalue weighted by Crippen LogP contribution is 2.09. The van der Waals surface area contributed by atoms with Crippen LogP contribution in [0.25, 0.3) is 0 Å². The van der Waals surface area contributed by atoms with Crippen molar-refractivity contribution in [1.29, 1.82) is 0 Å². The van der Waals surface area contributed by atoms with Crippen LogP contribution in [0.5, 0.6) is 0 Å². The largest absolute Gasteiger partial charge is 0.295 e. The fraction of sp³-hybridized carbons (Fsp3) is 0.231. The van der Waals surface area contributed by atoms with E-state index in [9.17, 15) is 9.59 Å². The molecule has 0 aliphatic rings. The summed E-state index contributed by atoms with van der Waals surface area (Å²) in [4.78, 5) is 22.9. The summed E-state index contributed by atoms with van der Waals surface area (Å²) in [5.41, 5.74) is 1.42. The first kappa shape index (κ1) is 15.8. The fourth-order valence-corrected chi connectivity index (χ4v) is 1.45. The molecule has 4 heteroatoms. The zero-order valence-electron chi connectivity index (χ0n) is 10.2. The Morgan fingerprint density at radius 2 is 1.88 bits per heavy atom. The molecular formula is C13H16INO2. The summed E-state index contributed by atoms with van der Waals surface area (Å²) in [7, 11) is 0. The van der Waals surface area contributed by atoms with Crippen molar-refractivity contribution in [3.05, 3.63) is 47.5 Å². The van der Waals surface area contributed by atoms with Crippen LogP contribution in [-0.2, 0) is 4.79 Å². The molecule has 1 aromatic carbocycles. The zero-order valence-corrected chi connectivity index (χ0v) is 12.4. The first-order valence-electron chi connectivity index (χ1n) is 5.27. The lowest BCUT2D eigenvalue weighted by molar-refractivity contribution is -0.115. The number of halogens is 1. The molecule has 0 radical (unpaired) electrons. The molecule has 0 saturated carbocycles. The molecule has 0 unspecified atom stereocenters. The van der Waals surface area contributed by atoms with Gasteiger partial charge >= 0.3 is 0 Å². The van der Waals surface area contributed by atoms with Crippen LogP contribution in [0.15, 0.2) is 36.4 Å². The zero-order chi connectivity index (χ0) is 13.4. The molecule has 0 aromatic heterocycles. The van der Waals surface area contributed by atoms with Gasteiger partial charge < -0.3 is 0 Å². The summed E-state index contributed by atoms with van der Waals surface area (Å²) in [6.45, 7) is 9.35. The molecule has 1 aromatic rings. The van der Waals surface area contributed by atoms with E-state index in [1.165, 1.54) is 0 Å². The van der Waals surface area contributed by atoms with Gasteiger partial charge in [0.2, 0.25) is 0 Å². The molecule has 1 rings (SSSR count). The number of hydrogen-bond acceptors (Lipinski definition) is 2. The van der Waals surface area contributed by atoms with Gasteiger partial charge in [0.1, 0.15) is 0 Å². The van der Waals surface area contributed by atoms with Crippen LogP contribution >= 0.6 is 22.9 Å². The third kappa shape index (κ3) is 4.68. The van der Waals surface area contributed by atoms with Crippen LogP contribution in [0.2, 0.25) is 0 Å². The van der Waals surface area contributed by atoms with E-state index in [0.717, 1.165) is 5.56 Å². The summed E-state index contributed by atoms with van der Waals surface area (Å²) in [6, 6.07) is 7.06. The number of amides is 1. The minimum atomic E-state index is -0.456. The van der Waals surface area contributed by atoms with Gasteiger partial charge in [-0.2, -0.15) is 0 Å². The summed E-state index contributed by atoms with van der Waals surface area (Å²) < 4.78 is 2.34. The molecule has 92 valence electrons. The average Bonchev–Trinajstić information content (AvgIpc) is 2.38. The maximum absolute atomic E-state index is 11.7. The van der Waals surface area contributed by atoms with Gasteiger partial charge in [-0.3, -0.25) is 13.1 Å². The highest BCUT2D eigenvalue weighted by Gasteiger charge is 2.16. The van der Waals surface area contributed by atoms with E-state index in [1.807, 2.05) is 26.8 Å². The number of benzene rings is 1. The Balaban J connectivity index is 0.00000121. The van der Waals surface area contributed by atoms with Gasteiger partial charge in [0, 0.05) is 5.56 Å². The Hall–Kier alpha value is -1.17. The van der Waals surface area contributed by atoms with E-state index in [0.29, 0.717) is 5.56 Å². The molecule has 0 heterocycles. The Morgan fingerprint density at radius 3 is 2.35 bits per heavy atom. The summed E-state index contributed by atoms with van der Waals surface area (Å²) in [5, 5.41) is 0. The summed E-state index contributed by atoms with van der Waals surface area (Å²) in [6.07, 6.45) is 0. The standard InChI is InChI=1S/C11H10INO2.C2H6/c1-7-4-3-5-9(6-7)10(14)8(2)11(15)13-12;1-2/h3-6H,2H2,1H3,(H,13,15);1-2H3. The van der Waals surface area contributed by atoms with E-state index >= 15 is 0 Å². The number of hydrogen-bond donors (Lipinski definition) is 1. The molecule has 1 N–H and O–H groups in total. The molecule has 0 aliphatic carbocycles. The molecule has 0 bridgehead atoms. The maximum Gasteiger partial charge on any atom is 0.263 e.